The number of halogens is 1. The molecule has 4 rings (SSSR count). The highest BCUT2D eigenvalue weighted by molar-refractivity contribution is 7.99. The minimum Gasteiger partial charge on any atom is -0.459 e. The Morgan fingerprint density at radius 1 is 1.29 bits per heavy atom. The molecule has 0 aliphatic heterocycles. The first-order chi connectivity index (χ1) is 13.2. The second kappa shape index (κ2) is 6.72. The Balaban J connectivity index is 1.82. The van der Waals surface area contributed by atoms with Crippen molar-refractivity contribution in [1.29, 1.82) is 0 Å². The Bertz CT molecular complexity index is 761. The molecule has 0 amide bonds. The quantitative estimate of drug-likeness (QED) is 0.615. The smallest absolute Gasteiger partial charge is 0.303 e. The predicted molar refractivity (Wildman–Crippen MR) is 110 cm³/mol. The highest BCUT2D eigenvalue weighted by atomic mass is 32.2. The van der Waals surface area contributed by atoms with E-state index >= 15 is 4.39 Å². The summed E-state index contributed by atoms with van der Waals surface area (Å²) in [7, 11) is 0. The van der Waals surface area contributed by atoms with Crippen molar-refractivity contribution in [3.63, 3.8) is 0 Å². The minimum atomic E-state index is -1.67. The summed E-state index contributed by atoms with van der Waals surface area (Å²) in [5, 5.41) is 0.485. The van der Waals surface area contributed by atoms with Gasteiger partial charge in [0.2, 0.25) is 0 Å². The average molecular weight is 407 g/mol. The van der Waals surface area contributed by atoms with Crippen molar-refractivity contribution in [3.8, 4) is 0 Å². The van der Waals surface area contributed by atoms with Gasteiger partial charge in [0.1, 0.15) is 6.10 Å². The van der Waals surface area contributed by atoms with Gasteiger partial charge in [-0.05, 0) is 68.3 Å². The van der Waals surface area contributed by atoms with E-state index in [0.29, 0.717) is 11.7 Å². The summed E-state index contributed by atoms with van der Waals surface area (Å²) in [5.41, 5.74) is -1.72. The first-order valence-electron chi connectivity index (χ1n) is 10.6. The van der Waals surface area contributed by atoms with Gasteiger partial charge >= 0.3 is 5.97 Å². The lowest BCUT2D eigenvalue weighted by Gasteiger charge is -2.62. The standard InChI is InChI=1S/C23H31FO3S/c1-5-28-20-9-8-17-18-7-6-15-12-16(26)10-11-22(15,4)23(18,24)19(27-14(2)25)13-21(17,20)3/h10-12,17-20H,5-9,13H2,1-4H3/t17-,18-,19-,20?,21-,22-,23-/m0/s1. The fraction of sp³-hybridized carbons (Fsp3) is 0.739. The van der Waals surface area contributed by atoms with Gasteiger partial charge in [-0.25, -0.2) is 4.39 Å². The largest absolute Gasteiger partial charge is 0.459 e. The molecule has 3 nitrogen and oxygen atoms in total. The molecular formula is C23H31FO3S. The lowest BCUT2D eigenvalue weighted by atomic mass is 9.46. The van der Waals surface area contributed by atoms with Gasteiger partial charge < -0.3 is 4.74 Å². The van der Waals surface area contributed by atoms with Crippen LogP contribution in [-0.4, -0.2) is 34.5 Å². The number of carbonyl (C=O) groups excluding carboxylic acids is 2. The molecule has 4 aliphatic carbocycles. The molecule has 0 bridgehead atoms. The number of alkyl halides is 1. The van der Waals surface area contributed by atoms with Crippen molar-refractivity contribution < 1.29 is 18.7 Å². The number of esters is 1. The molecule has 3 fully saturated rings. The first-order valence-corrected chi connectivity index (χ1v) is 11.6. The van der Waals surface area contributed by atoms with E-state index in [2.05, 4.69) is 13.8 Å². The van der Waals surface area contributed by atoms with Crippen LogP contribution in [0.2, 0.25) is 0 Å². The number of rotatable bonds is 3. The van der Waals surface area contributed by atoms with Gasteiger partial charge in [0, 0.05) is 23.5 Å². The summed E-state index contributed by atoms with van der Waals surface area (Å²) in [6.45, 7) is 7.75. The number of carbonyl (C=O) groups is 2. The summed E-state index contributed by atoms with van der Waals surface area (Å²) in [6.07, 6.45) is 8.25. The minimum absolute atomic E-state index is 0.0210. The first kappa shape index (κ1) is 20.2. The van der Waals surface area contributed by atoms with Crippen LogP contribution in [0.15, 0.2) is 23.8 Å². The number of allylic oxidation sites excluding steroid dienone is 4. The van der Waals surface area contributed by atoms with Crippen LogP contribution >= 0.6 is 11.8 Å². The molecule has 4 aliphatic rings. The zero-order chi connectivity index (χ0) is 20.3. The van der Waals surface area contributed by atoms with Gasteiger partial charge in [-0.15, -0.1) is 0 Å². The summed E-state index contributed by atoms with van der Waals surface area (Å²) < 4.78 is 23.1. The van der Waals surface area contributed by atoms with E-state index in [1.54, 1.807) is 12.2 Å². The third-order valence-corrected chi connectivity index (χ3v) is 9.71. The maximum absolute atomic E-state index is 17.3. The molecule has 7 atom stereocenters. The van der Waals surface area contributed by atoms with E-state index in [1.807, 2.05) is 18.7 Å². The van der Waals surface area contributed by atoms with Crippen LogP contribution < -0.4 is 0 Å². The van der Waals surface area contributed by atoms with Crippen LogP contribution in [0.1, 0.15) is 59.8 Å². The second-order valence-electron chi connectivity index (χ2n) is 9.46. The molecule has 0 aromatic heterocycles. The number of ketones is 1. The molecule has 0 heterocycles. The van der Waals surface area contributed by atoms with E-state index in [9.17, 15) is 9.59 Å². The van der Waals surface area contributed by atoms with E-state index in [1.165, 1.54) is 13.0 Å². The van der Waals surface area contributed by atoms with Crippen molar-refractivity contribution in [2.75, 3.05) is 5.75 Å². The Kier molecular flexibility index (Phi) is 4.84. The lowest BCUT2D eigenvalue weighted by molar-refractivity contribution is -0.208. The van der Waals surface area contributed by atoms with Crippen LogP contribution in [-0.2, 0) is 14.3 Å². The number of ether oxygens (including phenoxy) is 1. The Labute approximate surface area is 171 Å². The fourth-order valence-corrected chi connectivity index (χ4v) is 8.28. The molecule has 1 unspecified atom stereocenters. The molecule has 0 saturated heterocycles. The Morgan fingerprint density at radius 2 is 2.04 bits per heavy atom. The van der Waals surface area contributed by atoms with Gasteiger partial charge in [0.25, 0.3) is 0 Å². The topological polar surface area (TPSA) is 43.4 Å². The molecule has 154 valence electrons. The number of fused-ring (bicyclic) bond motifs is 5. The monoisotopic (exact) mass is 406 g/mol. The van der Waals surface area contributed by atoms with Gasteiger partial charge in [-0.3, -0.25) is 9.59 Å². The summed E-state index contributed by atoms with van der Waals surface area (Å²) in [6, 6.07) is 0. The zero-order valence-corrected chi connectivity index (χ0v) is 18.1. The zero-order valence-electron chi connectivity index (χ0n) is 17.3. The lowest BCUT2D eigenvalue weighted by Crippen LogP contribution is -2.67. The number of hydrogen-bond donors (Lipinski definition) is 0. The van der Waals surface area contributed by atoms with Crippen molar-refractivity contribution in [2.24, 2.45) is 22.7 Å². The van der Waals surface area contributed by atoms with Crippen LogP contribution in [0.5, 0.6) is 0 Å². The maximum Gasteiger partial charge on any atom is 0.303 e. The molecule has 5 heteroatoms. The Hall–Kier alpha value is -1.10. The van der Waals surface area contributed by atoms with E-state index in [0.717, 1.165) is 37.0 Å². The maximum atomic E-state index is 17.3. The molecule has 28 heavy (non-hydrogen) atoms. The van der Waals surface area contributed by atoms with Crippen LogP contribution in [0, 0.1) is 22.7 Å². The molecule has 0 N–H and O–H groups in total. The van der Waals surface area contributed by atoms with Gasteiger partial charge in [-0.1, -0.05) is 25.5 Å². The summed E-state index contributed by atoms with van der Waals surface area (Å²) >= 11 is 1.97. The second-order valence-corrected chi connectivity index (χ2v) is 10.9. The SMILES string of the molecule is CCSC1CC[C@H]2[C@@H]3CCC4=CC(=O)C=C[C@]4(C)[C@@]3(F)[C@@H](OC(C)=O)C[C@]12C. The fourth-order valence-electron chi connectivity index (χ4n) is 6.93. The molecule has 0 aromatic rings. The van der Waals surface area contributed by atoms with Crippen molar-refractivity contribution in [1.82, 2.24) is 0 Å². The van der Waals surface area contributed by atoms with E-state index in [-0.39, 0.29) is 23.0 Å². The van der Waals surface area contributed by atoms with E-state index in [4.69, 9.17) is 4.74 Å². The average Bonchev–Trinajstić information content (AvgIpc) is 2.93. The van der Waals surface area contributed by atoms with Crippen LogP contribution in [0.25, 0.3) is 0 Å². The highest BCUT2D eigenvalue weighted by Crippen LogP contribution is 2.69. The normalized spacial score (nSPS) is 47.0. The van der Waals surface area contributed by atoms with Gasteiger partial charge in [-0.2, -0.15) is 11.8 Å². The molecule has 0 spiro atoms. The molecule has 0 radical (unpaired) electrons. The van der Waals surface area contributed by atoms with Crippen molar-refractivity contribution >= 4 is 23.5 Å². The third-order valence-electron chi connectivity index (χ3n) is 8.20. The van der Waals surface area contributed by atoms with Crippen LogP contribution in [0.4, 0.5) is 4.39 Å². The van der Waals surface area contributed by atoms with Gasteiger partial charge in [0.15, 0.2) is 11.5 Å². The summed E-state index contributed by atoms with van der Waals surface area (Å²) in [4.78, 5) is 23.9. The van der Waals surface area contributed by atoms with Crippen LogP contribution in [0.3, 0.4) is 0 Å². The Morgan fingerprint density at radius 3 is 2.71 bits per heavy atom. The van der Waals surface area contributed by atoms with Crippen molar-refractivity contribution in [3.05, 3.63) is 23.8 Å². The van der Waals surface area contributed by atoms with E-state index < -0.39 is 23.2 Å². The van der Waals surface area contributed by atoms with Gasteiger partial charge in [0.05, 0.1) is 0 Å². The number of thioether (sulfide) groups is 1. The van der Waals surface area contributed by atoms with Crippen molar-refractivity contribution in [2.45, 2.75) is 76.8 Å². The predicted octanol–water partition coefficient (Wildman–Crippen LogP) is 5.05. The molecule has 0 aromatic carbocycles. The highest BCUT2D eigenvalue weighted by Gasteiger charge is 2.71. The molecular weight excluding hydrogens is 375 g/mol. The number of hydrogen-bond acceptors (Lipinski definition) is 4. The third kappa shape index (κ3) is 2.60. The molecule has 3 saturated carbocycles. The summed E-state index contributed by atoms with van der Waals surface area (Å²) in [5.74, 6) is 0.693.